The van der Waals surface area contributed by atoms with E-state index < -0.39 is 5.97 Å². The largest absolute Gasteiger partial charge is 0.478 e. The molecule has 0 saturated heterocycles. The van der Waals surface area contributed by atoms with Crippen LogP contribution in [0.3, 0.4) is 0 Å². The average Bonchev–Trinajstić information content (AvgIpc) is 2.45. The van der Waals surface area contributed by atoms with Gasteiger partial charge in [-0.15, -0.1) is 0 Å². The molecule has 1 atom stereocenters. The fourth-order valence-corrected chi connectivity index (χ4v) is 2.68. The molecule has 1 unspecified atom stereocenters. The van der Waals surface area contributed by atoms with Gasteiger partial charge < -0.3 is 15.7 Å². The Morgan fingerprint density at radius 1 is 1.45 bits per heavy atom. The highest BCUT2D eigenvalue weighted by Crippen LogP contribution is 2.24. The fourth-order valence-electron chi connectivity index (χ4n) is 2.68. The van der Waals surface area contributed by atoms with E-state index in [-0.39, 0.29) is 11.8 Å². The molecule has 0 fully saturated rings. The molecular weight excluding hydrogens is 256 g/mol. The van der Waals surface area contributed by atoms with E-state index in [0.29, 0.717) is 38.0 Å². The van der Waals surface area contributed by atoms with Crippen LogP contribution in [0.4, 0.5) is 0 Å². The SMILES string of the molecule is CC(CCN)C(=O)N1CCc2c(cccc2C(=O)O)C1. The first kappa shape index (κ1) is 14.5. The van der Waals surface area contributed by atoms with Gasteiger partial charge in [-0.1, -0.05) is 19.1 Å². The molecule has 0 spiro atoms. The summed E-state index contributed by atoms with van der Waals surface area (Å²) in [4.78, 5) is 25.3. The van der Waals surface area contributed by atoms with E-state index in [1.165, 1.54) is 0 Å². The smallest absolute Gasteiger partial charge is 0.335 e. The molecule has 5 heteroatoms. The maximum Gasteiger partial charge on any atom is 0.335 e. The van der Waals surface area contributed by atoms with Crippen molar-refractivity contribution in [2.45, 2.75) is 26.3 Å². The zero-order valence-electron chi connectivity index (χ0n) is 11.6. The molecule has 5 nitrogen and oxygen atoms in total. The van der Waals surface area contributed by atoms with Crippen LogP contribution in [-0.4, -0.2) is 35.0 Å². The lowest BCUT2D eigenvalue weighted by molar-refractivity contribution is -0.136. The van der Waals surface area contributed by atoms with Crippen LogP contribution in [0.2, 0.25) is 0 Å². The Bertz CT molecular complexity index is 528. The number of hydrogen-bond acceptors (Lipinski definition) is 3. The summed E-state index contributed by atoms with van der Waals surface area (Å²) >= 11 is 0. The number of carbonyl (C=O) groups is 2. The maximum atomic E-state index is 12.3. The average molecular weight is 276 g/mol. The summed E-state index contributed by atoms with van der Waals surface area (Å²) in [5, 5.41) is 9.18. The van der Waals surface area contributed by atoms with Gasteiger partial charge in [0.15, 0.2) is 0 Å². The Labute approximate surface area is 118 Å². The number of aromatic carboxylic acids is 1. The van der Waals surface area contributed by atoms with Crippen molar-refractivity contribution in [3.8, 4) is 0 Å². The highest BCUT2D eigenvalue weighted by molar-refractivity contribution is 5.90. The number of carboxylic acids is 1. The predicted molar refractivity (Wildman–Crippen MR) is 75.4 cm³/mol. The molecule has 0 saturated carbocycles. The quantitative estimate of drug-likeness (QED) is 0.867. The van der Waals surface area contributed by atoms with Crippen molar-refractivity contribution in [2.24, 2.45) is 11.7 Å². The number of rotatable bonds is 4. The van der Waals surface area contributed by atoms with E-state index in [1.807, 2.05) is 13.0 Å². The molecule has 1 aromatic carbocycles. The minimum Gasteiger partial charge on any atom is -0.478 e. The third-order valence-electron chi connectivity index (χ3n) is 3.83. The Morgan fingerprint density at radius 2 is 2.20 bits per heavy atom. The van der Waals surface area contributed by atoms with Gasteiger partial charge in [-0.2, -0.15) is 0 Å². The van der Waals surface area contributed by atoms with Gasteiger partial charge in [-0.25, -0.2) is 4.79 Å². The molecule has 1 heterocycles. The van der Waals surface area contributed by atoms with Crippen molar-refractivity contribution < 1.29 is 14.7 Å². The highest BCUT2D eigenvalue weighted by atomic mass is 16.4. The van der Waals surface area contributed by atoms with Crippen molar-refractivity contribution in [1.29, 1.82) is 0 Å². The summed E-state index contributed by atoms with van der Waals surface area (Å²) in [5.74, 6) is -0.885. The van der Waals surface area contributed by atoms with Crippen molar-refractivity contribution in [3.05, 3.63) is 34.9 Å². The molecule has 0 radical (unpaired) electrons. The molecule has 2 rings (SSSR count). The molecule has 1 aliphatic rings. The first-order chi connectivity index (χ1) is 9.54. The van der Waals surface area contributed by atoms with Crippen LogP contribution in [0.15, 0.2) is 18.2 Å². The molecule has 1 aliphatic heterocycles. The number of hydrogen-bond donors (Lipinski definition) is 2. The summed E-state index contributed by atoms with van der Waals surface area (Å²) in [6.45, 7) is 3.45. The van der Waals surface area contributed by atoms with Gasteiger partial charge >= 0.3 is 5.97 Å². The van der Waals surface area contributed by atoms with E-state index in [2.05, 4.69) is 0 Å². The first-order valence-corrected chi connectivity index (χ1v) is 6.87. The normalized spacial score (nSPS) is 15.6. The molecule has 1 amide bonds. The third kappa shape index (κ3) is 2.82. The summed E-state index contributed by atoms with van der Waals surface area (Å²) < 4.78 is 0. The van der Waals surface area contributed by atoms with Crippen molar-refractivity contribution in [2.75, 3.05) is 13.1 Å². The molecule has 1 aromatic rings. The number of benzene rings is 1. The van der Waals surface area contributed by atoms with E-state index in [9.17, 15) is 14.7 Å². The van der Waals surface area contributed by atoms with Crippen molar-refractivity contribution in [3.63, 3.8) is 0 Å². The van der Waals surface area contributed by atoms with Crippen molar-refractivity contribution in [1.82, 2.24) is 4.90 Å². The Morgan fingerprint density at radius 3 is 2.85 bits per heavy atom. The van der Waals surface area contributed by atoms with Crippen LogP contribution < -0.4 is 5.73 Å². The zero-order chi connectivity index (χ0) is 14.7. The molecule has 0 bridgehead atoms. The van der Waals surface area contributed by atoms with Crippen LogP contribution in [-0.2, 0) is 17.8 Å². The molecule has 108 valence electrons. The Balaban J connectivity index is 2.18. The predicted octanol–water partition coefficient (Wildman–Crippen LogP) is 1.25. The van der Waals surface area contributed by atoms with Gasteiger partial charge in [-0.3, -0.25) is 4.79 Å². The summed E-state index contributed by atoms with van der Waals surface area (Å²) in [7, 11) is 0. The monoisotopic (exact) mass is 276 g/mol. The third-order valence-corrected chi connectivity index (χ3v) is 3.83. The number of nitrogens with two attached hydrogens (primary N) is 1. The lowest BCUT2D eigenvalue weighted by Gasteiger charge is -2.31. The summed E-state index contributed by atoms with van der Waals surface area (Å²) in [5.41, 5.74) is 7.63. The highest BCUT2D eigenvalue weighted by Gasteiger charge is 2.26. The number of carboxylic acid groups (broad SMARTS) is 1. The molecule has 3 N–H and O–H groups in total. The van der Waals surface area contributed by atoms with Crippen LogP contribution in [0.1, 0.15) is 34.8 Å². The molecule has 0 aliphatic carbocycles. The van der Waals surface area contributed by atoms with Crippen LogP contribution in [0.5, 0.6) is 0 Å². The van der Waals surface area contributed by atoms with E-state index in [1.54, 1.807) is 17.0 Å². The summed E-state index contributed by atoms with van der Waals surface area (Å²) in [6.07, 6.45) is 1.27. The number of nitrogens with zero attached hydrogens (tertiary/aromatic N) is 1. The second kappa shape index (κ2) is 6.05. The second-order valence-corrected chi connectivity index (χ2v) is 5.24. The number of carbonyl (C=O) groups excluding carboxylic acids is 1. The molecular formula is C15H20N2O3. The van der Waals surface area contributed by atoms with E-state index >= 15 is 0 Å². The fraction of sp³-hybridized carbons (Fsp3) is 0.467. The molecule has 0 aromatic heterocycles. The van der Waals surface area contributed by atoms with Gasteiger partial charge in [0, 0.05) is 19.0 Å². The van der Waals surface area contributed by atoms with Crippen LogP contribution in [0.25, 0.3) is 0 Å². The Hall–Kier alpha value is -1.88. The van der Waals surface area contributed by atoms with Crippen molar-refractivity contribution >= 4 is 11.9 Å². The van der Waals surface area contributed by atoms with Crippen LogP contribution in [0, 0.1) is 5.92 Å². The van der Waals surface area contributed by atoms with E-state index in [0.717, 1.165) is 11.1 Å². The van der Waals surface area contributed by atoms with Gasteiger partial charge in [0.05, 0.1) is 5.56 Å². The maximum absolute atomic E-state index is 12.3. The van der Waals surface area contributed by atoms with Gasteiger partial charge in [0.25, 0.3) is 0 Å². The lowest BCUT2D eigenvalue weighted by Crippen LogP contribution is -2.40. The minimum absolute atomic E-state index is 0.0794. The van der Waals surface area contributed by atoms with Gasteiger partial charge in [0.1, 0.15) is 0 Å². The van der Waals surface area contributed by atoms with Gasteiger partial charge in [-0.05, 0) is 36.6 Å². The first-order valence-electron chi connectivity index (χ1n) is 6.87. The zero-order valence-corrected chi connectivity index (χ0v) is 11.6. The lowest BCUT2D eigenvalue weighted by atomic mass is 9.93. The van der Waals surface area contributed by atoms with Crippen LogP contribution >= 0.6 is 0 Å². The second-order valence-electron chi connectivity index (χ2n) is 5.24. The minimum atomic E-state index is -0.905. The van der Waals surface area contributed by atoms with Gasteiger partial charge in [0.2, 0.25) is 5.91 Å². The molecule has 20 heavy (non-hydrogen) atoms. The number of amides is 1. The summed E-state index contributed by atoms with van der Waals surface area (Å²) in [6, 6.07) is 5.25. The number of fused-ring (bicyclic) bond motifs is 1. The Kier molecular flexibility index (Phi) is 4.39. The topological polar surface area (TPSA) is 83.6 Å². The van der Waals surface area contributed by atoms with E-state index in [4.69, 9.17) is 5.73 Å². The standard InChI is InChI=1S/C15H20N2O3/c1-10(5-7-16)14(18)17-8-6-12-11(9-17)3-2-4-13(12)15(19)20/h2-4,10H,5-9,16H2,1H3,(H,19,20).